The number of hydrogen-bond acceptors (Lipinski definition) is 1. The number of fused-ring (bicyclic) bond motifs is 1. The molecule has 1 aliphatic carbocycles. The lowest BCUT2D eigenvalue weighted by Crippen LogP contribution is -2.18. The summed E-state index contributed by atoms with van der Waals surface area (Å²) < 4.78 is 5.16. The smallest absolute Gasteiger partial charge is 0.0465 e. The van der Waals surface area contributed by atoms with Crippen molar-refractivity contribution in [1.82, 2.24) is 0 Å². The van der Waals surface area contributed by atoms with E-state index >= 15 is 0 Å². The highest BCUT2D eigenvalue weighted by molar-refractivity contribution is 9.09. The van der Waals surface area contributed by atoms with Crippen LogP contribution in [0.15, 0.2) is 24.3 Å². The summed E-state index contributed by atoms with van der Waals surface area (Å²) in [5.41, 5.74) is 2.98. The maximum Gasteiger partial charge on any atom is 0.0465 e. The van der Waals surface area contributed by atoms with Crippen molar-refractivity contribution in [2.45, 2.75) is 24.1 Å². The van der Waals surface area contributed by atoms with Gasteiger partial charge in [-0.3, -0.25) is 0 Å². The molecule has 0 bridgehead atoms. The van der Waals surface area contributed by atoms with Gasteiger partial charge in [-0.15, -0.1) is 0 Å². The largest absolute Gasteiger partial charge is 0.385 e. The van der Waals surface area contributed by atoms with E-state index in [1.54, 1.807) is 7.11 Å². The third-order valence-electron chi connectivity index (χ3n) is 3.24. The number of alkyl halides is 1. The lowest BCUT2D eigenvalue weighted by Gasteiger charge is -2.29. The maximum absolute atomic E-state index is 5.16. The van der Waals surface area contributed by atoms with Crippen molar-refractivity contribution in [3.63, 3.8) is 0 Å². The van der Waals surface area contributed by atoms with Crippen molar-refractivity contribution in [2.24, 2.45) is 5.92 Å². The van der Waals surface area contributed by atoms with E-state index in [9.17, 15) is 0 Å². The zero-order chi connectivity index (χ0) is 10.7. The summed E-state index contributed by atoms with van der Waals surface area (Å²) in [5.74, 6) is 0.722. The lowest BCUT2D eigenvalue weighted by atomic mass is 9.82. The third-order valence-corrected chi connectivity index (χ3v) is 4.48. The SMILES string of the molecule is COCCC1CCc2ccccc2C1Br. The molecule has 0 aliphatic heterocycles. The van der Waals surface area contributed by atoms with E-state index in [0.717, 1.165) is 18.9 Å². The summed E-state index contributed by atoms with van der Waals surface area (Å²) in [6.45, 7) is 0.870. The molecular weight excluding hydrogens is 252 g/mol. The van der Waals surface area contributed by atoms with Crippen LogP contribution in [0.1, 0.15) is 28.8 Å². The van der Waals surface area contributed by atoms with Crippen molar-refractivity contribution < 1.29 is 4.74 Å². The van der Waals surface area contributed by atoms with Crippen molar-refractivity contribution in [1.29, 1.82) is 0 Å². The number of ether oxygens (including phenoxy) is 1. The molecule has 2 atom stereocenters. The molecule has 0 spiro atoms. The lowest BCUT2D eigenvalue weighted by molar-refractivity contribution is 0.173. The van der Waals surface area contributed by atoms with Gasteiger partial charge in [-0.05, 0) is 36.3 Å². The highest BCUT2D eigenvalue weighted by Gasteiger charge is 2.26. The monoisotopic (exact) mass is 268 g/mol. The molecule has 15 heavy (non-hydrogen) atoms. The van der Waals surface area contributed by atoms with Crippen molar-refractivity contribution in [3.05, 3.63) is 35.4 Å². The number of halogens is 1. The number of methoxy groups -OCH3 is 1. The van der Waals surface area contributed by atoms with Crippen molar-refractivity contribution in [2.75, 3.05) is 13.7 Å². The summed E-state index contributed by atoms with van der Waals surface area (Å²) in [4.78, 5) is 0.512. The van der Waals surface area contributed by atoms with Gasteiger partial charge >= 0.3 is 0 Å². The molecule has 0 saturated carbocycles. The van der Waals surface area contributed by atoms with Gasteiger partial charge < -0.3 is 4.74 Å². The molecular formula is C13H17BrO. The van der Waals surface area contributed by atoms with Gasteiger partial charge in [0.05, 0.1) is 0 Å². The highest BCUT2D eigenvalue weighted by atomic mass is 79.9. The Labute approximate surface area is 100.0 Å². The molecule has 0 amide bonds. The van der Waals surface area contributed by atoms with E-state index in [0.29, 0.717) is 4.83 Å². The standard InChI is InChI=1S/C13H17BrO/c1-15-9-8-11-7-6-10-4-2-3-5-12(10)13(11)14/h2-5,11,13H,6-9H2,1H3. The van der Waals surface area contributed by atoms with Crippen LogP contribution in [0.4, 0.5) is 0 Å². The Morgan fingerprint density at radius 3 is 3.00 bits per heavy atom. The van der Waals surface area contributed by atoms with Crippen LogP contribution in [0.2, 0.25) is 0 Å². The minimum absolute atomic E-state index is 0.512. The van der Waals surface area contributed by atoms with E-state index in [-0.39, 0.29) is 0 Å². The third kappa shape index (κ3) is 2.43. The van der Waals surface area contributed by atoms with Crippen LogP contribution in [-0.2, 0) is 11.2 Å². The van der Waals surface area contributed by atoms with Crippen LogP contribution >= 0.6 is 15.9 Å². The molecule has 0 heterocycles. The molecule has 1 nitrogen and oxygen atoms in total. The van der Waals surface area contributed by atoms with E-state index < -0.39 is 0 Å². The first-order valence-electron chi connectivity index (χ1n) is 5.53. The molecule has 2 heteroatoms. The Kier molecular flexibility index (Phi) is 3.81. The second-order valence-electron chi connectivity index (χ2n) is 4.18. The first-order valence-corrected chi connectivity index (χ1v) is 6.45. The summed E-state index contributed by atoms with van der Waals surface area (Å²) in [7, 11) is 1.78. The first-order chi connectivity index (χ1) is 7.33. The van der Waals surface area contributed by atoms with E-state index in [1.165, 1.54) is 24.0 Å². The molecule has 0 aromatic heterocycles. The zero-order valence-corrected chi connectivity index (χ0v) is 10.7. The minimum atomic E-state index is 0.512. The average molecular weight is 269 g/mol. The molecule has 2 rings (SSSR count). The zero-order valence-electron chi connectivity index (χ0n) is 9.08. The van der Waals surface area contributed by atoms with Gasteiger partial charge in [0, 0.05) is 18.5 Å². The molecule has 1 aliphatic rings. The van der Waals surface area contributed by atoms with Gasteiger partial charge in [0.25, 0.3) is 0 Å². The molecule has 0 N–H and O–H groups in total. The highest BCUT2D eigenvalue weighted by Crippen LogP contribution is 2.41. The van der Waals surface area contributed by atoms with Crippen LogP contribution < -0.4 is 0 Å². The van der Waals surface area contributed by atoms with E-state index in [2.05, 4.69) is 40.2 Å². The second-order valence-corrected chi connectivity index (χ2v) is 5.17. The topological polar surface area (TPSA) is 9.23 Å². The number of aryl methyl sites for hydroxylation is 1. The molecule has 2 unspecified atom stereocenters. The summed E-state index contributed by atoms with van der Waals surface area (Å²) in [6.07, 6.45) is 3.64. The van der Waals surface area contributed by atoms with Gasteiger partial charge in [-0.2, -0.15) is 0 Å². The van der Waals surface area contributed by atoms with Gasteiger partial charge in [0.1, 0.15) is 0 Å². The summed E-state index contributed by atoms with van der Waals surface area (Å²) in [5, 5.41) is 0. The van der Waals surface area contributed by atoms with Crippen molar-refractivity contribution >= 4 is 15.9 Å². The van der Waals surface area contributed by atoms with Crippen LogP contribution in [0, 0.1) is 5.92 Å². The van der Waals surface area contributed by atoms with E-state index in [4.69, 9.17) is 4.74 Å². The Morgan fingerprint density at radius 2 is 2.20 bits per heavy atom. The number of benzene rings is 1. The first kappa shape index (κ1) is 11.2. The van der Waals surface area contributed by atoms with Crippen LogP contribution in [0.5, 0.6) is 0 Å². The van der Waals surface area contributed by atoms with Gasteiger partial charge in [0.2, 0.25) is 0 Å². The fourth-order valence-corrected chi connectivity index (χ4v) is 3.31. The predicted octanol–water partition coefficient (Wildman–Crippen LogP) is 3.72. The molecule has 0 radical (unpaired) electrons. The van der Waals surface area contributed by atoms with Crippen LogP contribution in [0.3, 0.4) is 0 Å². The van der Waals surface area contributed by atoms with Crippen molar-refractivity contribution in [3.8, 4) is 0 Å². The molecule has 1 aromatic rings. The van der Waals surface area contributed by atoms with Crippen LogP contribution in [0.25, 0.3) is 0 Å². The van der Waals surface area contributed by atoms with Gasteiger partial charge in [-0.1, -0.05) is 40.2 Å². The average Bonchev–Trinajstić information content (AvgIpc) is 2.29. The molecule has 1 aromatic carbocycles. The second kappa shape index (κ2) is 5.13. The maximum atomic E-state index is 5.16. The fraction of sp³-hybridized carbons (Fsp3) is 0.538. The summed E-state index contributed by atoms with van der Waals surface area (Å²) >= 11 is 3.83. The predicted molar refractivity (Wildman–Crippen MR) is 66.4 cm³/mol. The number of rotatable bonds is 3. The molecule has 0 fully saturated rings. The quantitative estimate of drug-likeness (QED) is 0.760. The Morgan fingerprint density at radius 1 is 1.40 bits per heavy atom. The fourth-order valence-electron chi connectivity index (χ4n) is 2.33. The Balaban J connectivity index is 2.11. The Hall–Kier alpha value is -0.340. The Bertz CT molecular complexity index is 324. The van der Waals surface area contributed by atoms with E-state index in [1.807, 2.05) is 0 Å². The molecule has 0 saturated heterocycles. The van der Waals surface area contributed by atoms with Crippen LogP contribution in [-0.4, -0.2) is 13.7 Å². The molecule has 82 valence electrons. The normalized spacial score (nSPS) is 24.9. The number of hydrogen-bond donors (Lipinski definition) is 0. The minimum Gasteiger partial charge on any atom is -0.385 e. The summed E-state index contributed by atoms with van der Waals surface area (Å²) in [6, 6.07) is 8.75. The van der Waals surface area contributed by atoms with Gasteiger partial charge in [0.15, 0.2) is 0 Å². The van der Waals surface area contributed by atoms with Gasteiger partial charge in [-0.25, -0.2) is 0 Å².